The molecule has 0 amide bonds. The third-order valence-electron chi connectivity index (χ3n) is 2.30. The van der Waals surface area contributed by atoms with Crippen LogP contribution in [0.15, 0.2) is 24.7 Å². The summed E-state index contributed by atoms with van der Waals surface area (Å²) in [4.78, 5) is 0. The molecule has 0 saturated carbocycles. The van der Waals surface area contributed by atoms with E-state index < -0.39 is 5.82 Å². The second-order valence-electron chi connectivity index (χ2n) is 3.29. The topological polar surface area (TPSA) is 61.8 Å². The molecule has 0 saturated heterocycles. The van der Waals surface area contributed by atoms with Gasteiger partial charge in [-0.05, 0) is 18.3 Å². The lowest BCUT2D eigenvalue weighted by molar-refractivity contribution is 0.630. The molecule has 0 atom stereocenters. The number of H-pyrrole nitrogens is 2. The number of hydrogen-bond acceptors (Lipinski definition) is 3. The van der Waals surface area contributed by atoms with E-state index >= 15 is 0 Å². The Morgan fingerprint density at radius 1 is 1.38 bits per heavy atom. The first-order valence-electron chi connectivity index (χ1n) is 4.51. The average Bonchev–Trinajstić information content (AvgIpc) is 2.88. The van der Waals surface area contributed by atoms with Crippen molar-refractivity contribution in [2.75, 3.05) is 0 Å². The van der Waals surface area contributed by atoms with E-state index in [9.17, 15) is 4.39 Å². The zero-order chi connectivity index (χ0) is 11.1. The fourth-order valence-electron chi connectivity index (χ4n) is 1.54. The molecule has 3 heterocycles. The molecule has 0 aliphatic heterocycles. The van der Waals surface area contributed by atoms with Crippen LogP contribution in [-0.2, 0) is 0 Å². The van der Waals surface area contributed by atoms with Crippen molar-refractivity contribution in [1.29, 1.82) is 0 Å². The van der Waals surface area contributed by atoms with Crippen LogP contribution in [-0.4, -0.2) is 24.8 Å². The molecule has 0 unspecified atom stereocenters. The van der Waals surface area contributed by atoms with Gasteiger partial charge in [0.25, 0.3) is 0 Å². The molecule has 2 N–H and O–H groups in total. The van der Waals surface area contributed by atoms with Crippen LogP contribution in [0.25, 0.3) is 16.8 Å². The third-order valence-corrected chi connectivity index (χ3v) is 2.59. The van der Waals surface area contributed by atoms with Gasteiger partial charge in [0.2, 0.25) is 0 Å². The smallest absolute Gasteiger partial charge is 0.199 e. The summed E-state index contributed by atoms with van der Waals surface area (Å²) in [5, 5.41) is 12.8. The Bertz CT molecular complexity index is 696. The van der Waals surface area contributed by atoms with E-state index in [1.807, 2.05) is 0 Å². The van der Waals surface area contributed by atoms with Crippen molar-refractivity contribution in [3.05, 3.63) is 35.2 Å². The first-order valence-corrected chi connectivity index (χ1v) is 4.92. The molecule has 5 nitrogen and oxygen atoms in total. The molecule has 3 aromatic rings. The van der Waals surface area contributed by atoms with Crippen molar-refractivity contribution in [3.63, 3.8) is 0 Å². The molecule has 0 bridgehead atoms. The minimum absolute atomic E-state index is 0.192. The molecule has 3 rings (SSSR count). The second kappa shape index (κ2) is 3.24. The standard InChI is InChI=1S/C9H6FN5S/c10-7-1-5(6-2-11-12-3-6)4-15-8(7)13-14-9(15)16/h1-4H,(H,11,12)(H,14,16). The van der Waals surface area contributed by atoms with Gasteiger partial charge < -0.3 is 0 Å². The summed E-state index contributed by atoms with van der Waals surface area (Å²) in [6, 6.07) is 1.40. The highest BCUT2D eigenvalue weighted by Crippen LogP contribution is 2.20. The van der Waals surface area contributed by atoms with Gasteiger partial charge in [0, 0.05) is 23.5 Å². The molecule has 0 aliphatic rings. The van der Waals surface area contributed by atoms with Crippen LogP contribution in [0.1, 0.15) is 0 Å². The zero-order valence-electron chi connectivity index (χ0n) is 7.94. The molecule has 0 fully saturated rings. The van der Waals surface area contributed by atoms with Gasteiger partial charge >= 0.3 is 0 Å². The maximum atomic E-state index is 13.7. The van der Waals surface area contributed by atoms with E-state index in [2.05, 4.69) is 20.4 Å². The fraction of sp³-hybridized carbons (Fsp3) is 0. The summed E-state index contributed by atoms with van der Waals surface area (Å²) < 4.78 is 15.5. The number of hydrogen-bond donors (Lipinski definition) is 2. The Balaban J connectivity index is 2.36. The van der Waals surface area contributed by atoms with Crippen molar-refractivity contribution < 1.29 is 4.39 Å². The monoisotopic (exact) mass is 235 g/mol. The molecule has 0 spiro atoms. The summed E-state index contributed by atoms with van der Waals surface area (Å²) in [7, 11) is 0. The van der Waals surface area contributed by atoms with Crippen LogP contribution >= 0.6 is 12.2 Å². The third kappa shape index (κ3) is 1.25. The van der Waals surface area contributed by atoms with Crippen molar-refractivity contribution in [3.8, 4) is 11.1 Å². The minimum atomic E-state index is -0.425. The van der Waals surface area contributed by atoms with E-state index in [1.54, 1.807) is 18.6 Å². The van der Waals surface area contributed by atoms with Gasteiger partial charge in [-0.25, -0.2) is 4.39 Å². The van der Waals surface area contributed by atoms with Crippen molar-refractivity contribution in [1.82, 2.24) is 24.8 Å². The van der Waals surface area contributed by atoms with Crippen molar-refractivity contribution in [2.24, 2.45) is 0 Å². The summed E-state index contributed by atoms with van der Waals surface area (Å²) in [5.41, 5.74) is 1.68. The molecule has 0 aliphatic carbocycles. The maximum absolute atomic E-state index is 13.7. The number of aromatic amines is 2. The fourth-order valence-corrected chi connectivity index (χ4v) is 1.72. The zero-order valence-corrected chi connectivity index (χ0v) is 8.75. The van der Waals surface area contributed by atoms with Gasteiger partial charge in [-0.3, -0.25) is 14.6 Å². The first kappa shape index (κ1) is 9.22. The van der Waals surface area contributed by atoms with Crippen LogP contribution in [0.3, 0.4) is 0 Å². The number of pyridine rings is 1. The Morgan fingerprint density at radius 2 is 2.25 bits per heavy atom. The van der Waals surface area contributed by atoms with Crippen LogP contribution in [0.2, 0.25) is 0 Å². The number of nitrogens with zero attached hydrogens (tertiary/aromatic N) is 3. The summed E-state index contributed by atoms with van der Waals surface area (Å²) in [5.74, 6) is -0.425. The lowest BCUT2D eigenvalue weighted by atomic mass is 10.2. The number of nitrogens with one attached hydrogen (secondary N) is 2. The largest absolute Gasteiger partial charge is 0.285 e. The molecule has 0 radical (unpaired) electrons. The molecule has 80 valence electrons. The Labute approximate surface area is 93.9 Å². The molecule has 7 heteroatoms. The van der Waals surface area contributed by atoms with E-state index in [0.717, 1.165) is 5.56 Å². The van der Waals surface area contributed by atoms with Gasteiger partial charge in [0.15, 0.2) is 16.2 Å². The first-order chi connectivity index (χ1) is 7.75. The van der Waals surface area contributed by atoms with Crippen molar-refractivity contribution >= 4 is 17.9 Å². The summed E-state index contributed by atoms with van der Waals surface area (Å²) in [6.07, 6.45) is 5.02. The van der Waals surface area contributed by atoms with Gasteiger partial charge in [0.05, 0.1) is 6.20 Å². The molecule has 0 aromatic carbocycles. The van der Waals surface area contributed by atoms with E-state index in [1.165, 1.54) is 10.5 Å². The summed E-state index contributed by atoms with van der Waals surface area (Å²) in [6.45, 7) is 0. The van der Waals surface area contributed by atoms with Crippen LogP contribution < -0.4 is 0 Å². The maximum Gasteiger partial charge on any atom is 0.199 e. The quantitative estimate of drug-likeness (QED) is 0.633. The number of fused-ring (bicyclic) bond motifs is 1. The van der Waals surface area contributed by atoms with E-state index in [4.69, 9.17) is 12.2 Å². The number of aromatic nitrogens is 5. The Kier molecular flexibility index (Phi) is 1.87. The SMILES string of the molecule is Fc1cc(-c2cn[nH]c2)cn2c(=S)[nH]nc12. The highest BCUT2D eigenvalue weighted by molar-refractivity contribution is 7.71. The van der Waals surface area contributed by atoms with Gasteiger partial charge in [-0.2, -0.15) is 10.2 Å². The Morgan fingerprint density at radius 3 is 3.00 bits per heavy atom. The van der Waals surface area contributed by atoms with Crippen molar-refractivity contribution in [2.45, 2.75) is 0 Å². The highest BCUT2D eigenvalue weighted by atomic mass is 32.1. The van der Waals surface area contributed by atoms with Gasteiger partial charge in [-0.15, -0.1) is 0 Å². The second-order valence-corrected chi connectivity index (χ2v) is 3.67. The highest BCUT2D eigenvalue weighted by Gasteiger charge is 2.08. The lowest BCUT2D eigenvalue weighted by Crippen LogP contribution is -1.90. The average molecular weight is 235 g/mol. The lowest BCUT2D eigenvalue weighted by Gasteiger charge is -1.99. The number of halogens is 1. The predicted octanol–water partition coefficient (Wildman–Crippen LogP) is 1.92. The molecule has 3 aromatic heterocycles. The number of rotatable bonds is 1. The normalized spacial score (nSPS) is 11.1. The van der Waals surface area contributed by atoms with E-state index in [0.29, 0.717) is 10.3 Å². The van der Waals surface area contributed by atoms with Crippen LogP contribution in [0.5, 0.6) is 0 Å². The van der Waals surface area contributed by atoms with Crippen LogP contribution in [0.4, 0.5) is 4.39 Å². The summed E-state index contributed by atoms with van der Waals surface area (Å²) >= 11 is 4.99. The predicted molar refractivity (Wildman–Crippen MR) is 57.9 cm³/mol. The Hall–Kier alpha value is -2.02. The molecule has 16 heavy (non-hydrogen) atoms. The van der Waals surface area contributed by atoms with Gasteiger partial charge in [0.1, 0.15) is 0 Å². The van der Waals surface area contributed by atoms with Gasteiger partial charge in [-0.1, -0.05) is 0 Å². The molecular formula is C9H6FN5S. The van der Waals surface area contributed by atoms with E-state index in [-0.39, 0.29) is 5.65 Å². The molecular weight excluding hydrogens is 229 g/mol. The van der Waals surface area contributed by atoms with Crippen LogP contribution in [0, 0.1) is 10.6 Å². The minimum Gasteiger partial charge on any atom is -0.285 e.